The van der Waals surface area contributed by atoms with Crippen molar-refractivity contribution in [1.82, 2.24) is 15.2 Å². The maximum Gasteiger partial charge on any atom is 0.292 e. The molecule has 0 fully saturated rings. The number of benzene rings is 2. The summed E-state index contributed by atoms with van der Waals surface area (Å²) < 4.78 is 6.55. The van der Waals surface area contributed by atoms with E-state index < -0.39 is 5.91 Å². The molecule has 0 unspecified atom stereocenters. The van der Waals surface area contributed by atoms with Crippen molar-refractivity contribution in [2.75, 3.05) is 6.61 Å². The zero-order chi connectivity index (χ0) is 20.1. The summed E-state index contributed by atoms with van der Waals surface area (Å²) in [5, 5.41) is 19.1. The Morgan fingerprint density at radius 3 is 2.68 bits per heavy atom. The van der Waals surface area contributed by atoms with Gasteiger partial charge in [-0.3, -0.25) is 9.59 Å². The molecule has 1 heterocycles. The number of hydrogen-bond donors (Lipinski definition) is 2. The first kappa shape index (κ1) is 19.1. The highest BCUT2D eigenvalue weighted by Crippen LogP contribution is 2.28. The van der Waals surface area contributed by atoms with E-state index in [1.807, 2.05) is 6.92 Å². The van der Waals surface area contributed by atoms with Crippen molar-refractivity contribution in [2.24, 2.45) is 5.10 Å². The normalized spacial score (nSPS) is 11.1. The van der Waals surface area contributed by atoms with E-state index in [-0.39, 0.29) is 17.0 Å². The van der Waals surface area contributed by atoms with Gasteiger partial charge in [-0.15, -0.1) is 0 Å². The Morgan fingerprint density at radius 2 is 1.96 bits per heavy atom. The molecular weight excluding hydrogens is 360 g/mol. The third kappa shape index (κ3) is 3.71. The summed E-state index contributed by atoms with van der Waals surface area (Å²) in [6.45, 7) is 4.34. The number of rotatable bonds is 6. The predicted octanol–water partition coefficient (Wildman–Crippen LogP) is 2.28. The van der Waals surface area contributed by atoms with Gasteiger partial charge in [0.25, 0.3) is 11.5 Å². The predicted molar refractivity (Wildman–Crippen MR) is 106 cm³/mol. The summed E-state index contributed by atoms with van der Waals surface area (Å²) in [5.41, 5.74) is 2.63. The number of nitrogens with one attached hydrogen (secondary N) is 1. The highest BCUT2D eigenvalue weighted by atomic mass is 16.5. The lowest BCUT2D eigenvalue weighted by atomic mass is 10.1. The summed E-state index contributed by atoms with van der Waals surface area (Å²) >= 11 is 0. The summed E-state index contributed by atoms with van der Waals surface area (Å²) in [6, 6.07) is 11.8. The molecule has 0 atom stereocenters. The molecule has 144 valence electrons. The van der Waals surface area contributed by atoms with E-state index in [0.29, 0.717) is 35.2 Å². The van der Waals surface area contributed by atoms with Gasteiger partial charge >= 0.3 is 0 Å². The van der Waals surface area contributed by atoms with Gasteiger partial charge in [0.15, 0.2) is 17.2 Å². The first-order chi connectivity index (χ1) is 13.6. The average Bonchev–Trinajstić information content (AvgIpc) is 2.71. The summed E-state index contributed by atoms with van der Waals surface area (Å²) in [7, 11) is 0. The first-order valence-electron chi connectivity index (χ1n) is 8.84. The fourth-order valence-corrected chi connectivity index (χ4v) is 2.75. The van der Waals surface area contributed by atoms with Gasteiger partial charge in [0, 0.05) is 17.5 Å². The van der Waals surface area contributed by atoms with E-state index in [1.54, 1.807) is 49.4 Å². The molecule has 0 aliphatic heterocycles. The van der Waals surface area contributed by atoms with Gasteiger partial charge in [-0.2, -0.15) is 10.2 Å². The zero-order valence-electron chi connectivity index (χ0n) is 15.5. The van der Waals surface area contributed by atoms with Crippen molar-refractivity contribution in [2.45, 2.75) is 20.4 Å². The molecule has 3 aromatic rings. The van der Waals surface area contributed by atoms with Crippen molar-refractivity contribution in [3.63, 3.8) is 0 Å². The van der Waals surface area contributed by atoms with Crippen LogP contribution in [0.2, 0.25) is 0 Å². The number of nitrogens with zero attached hydrogens (tertiary/aromatic N) is 3. The van der Waals surface area contributed by atoms with E-state index in [2.05, 4.69) is 15.6 Å². The minimum absolute atomic E-state index is 0.0644. The second kappa shape index (κ2) is 8.34. The largest absolute Gasteiger partial charge is 0.504 e. The Kier molecular flexibility index (Phi) is 5.69. The molecule has 0 saturated heterocycles. The number of amides is 1. The molecular formula is C20H20N4O4. The number of aromatic hydroxyl groups is 1. The highest BCUT2D eigenvalue weighted by Gasteiger charge is 2.15. The van der Waals surface area contributed by atoms with Crippen molar-refractivity contribution in [3.05, 3.63) is 64.1 Å². The molecule has 2 N–H and O–H groups in total. The number of fused-ring (bicyclic) bond motifs is 1. The van der Waals surface area contributed by atoms with E-state index in [1.165, 1.54) is 10.9 Å². The van der Waals surface area contributed by atoms with Gasteiger partial charge in [-0.25, -0.2) is 10.1 Å². The Labute approximate surface area is 161 Å². The summed E-state index contributed by atoms with van der Waals surface area (Å²) in [6.07, 6.45) is 1.31. The number of phenolic OH excluding ortho intramolecular Hbond substituents is 1. The van der Waals surface area contributed by atoms with Crippen LogP contribution < -0.4 is 15.7 Å². The van der Waals surface area contributed by atoms with Gasteiger partial charge < -0.3 is 9.84 Å². The third-order valence-electron chi connectivity index (χ3n) is 4.08. The second-order valence-electron chi connectivity index (χ2n) is 5.84. The van der Waals surface area contributed by atoms with Crippen molar-refractivity contribution < 1.29 is 14.6 Å². The lowest BCUT2D eigenvalue weighted by Gasteiger charge is -2.09. The molecule has 2 aromatic carbocycles. The first-order valence-corrected chi connectivity index (χ1v) is 8.84. The van der Waals surface area contributed by atoms with Gasteiger partial charge in [-0.05, 0) is 32.0 Å². The van der Waals surface area contributed by atoms with Crippen LogP contribution in [0.25, 0.3) is 10.8 Å². The van der Waals surface area contributed by atoms with E-state index >= 15 is 0 Å². The van der Waals surface area contributed by atoms with Crippen molar-refractivity contribution >= 4 is 22.9 Å². The number of aryl methyl sites for hydroxylation is 1. The molecule has 8 heteroatoms. The molecule has 1 aromatic heterocycles. The van der Waals surface area contributed by atoms with Crippen LogP contribution in [-0.4, -0.2) is 33.6 Å². The van der Waals surface area contributed by atoms with E-state index in [0.717, 1.165) is 0 Å². The van der Waals surface area contributed by atoms with Gasteiger partial charge in [0.2, 0.25) is 0 Å². The fourth-order valence-electron chi connectivity index (χ4n) is 2.75. The lowest BCUT2D eigenvalue weighted by Crippen LogP contribution is -2.28. The molecule has 8 nitrogen and oxygen atoms in total. The maximum absolute atomic E-state index is 12.6. The number of carbonyl (C=O) groups excluding carboxylic acids is 1. The Morgan fingerprint density at radius 1 is 1.21 bits per heavy atom. The van der Waals surface area contributed by atoms with Crippen LogP contribution in [0.15, 0.2) is 52.4 Å². The molecule has 28 heavy (non-hydrogen) atoms. The number of carbonyl (C=O) groups is 1. The monoisotopic (exact) mass is 380 g/mol. The standard InChI is InChI=1S/C20H20N4O4/c1-3-24-20(27)15-10-6-5-9-14(15)17(23-24)19(26)22-21-12-13-8-7-11-16(18(13)25)28-4-2/h5-12,25H,3-4H2,1-2H3,(H,22,26)/b21-12+. The van der Waals surface area contributed by atoms with Crippen LogP contribution >= 0.6 is 0 Å². The zero-order valence-corrected chi connectivity index (χ0v) is 15.5. The van der Waals surface area contributed by atoms with Crippen LogP contribution in [0.4, 0.5) is 0 Å². The molecule has 0 saturated carbocycles. The van der Waals surface area contributed by atoms with Crippen LogP contribution in [0.3, 0.4) is 0 Å². The minimum Gasteiger partial charge on any atom is -0.504 e. The van der Waals surface area contributed by atoms with Crippen LogP contribution in [0, 0.1) is 0 Å². The number of hydrogen-bond acceptors (Lipinski definition) is 6. The van der Waals surface area contributed by atoms with Gasteiger partial charge in [-0.1, -0.05) is 24.3 Å². The molecule has 0 aliphatic rings. The molecule has 0 spiro atoms. The third-order valence-corrected chi connectivity index (χ3v) is 4.08. The highest BCUT2D eigenvalue weighted by molar-refractivity contribution is 6.05. The Hall–Kier alpha value is -3.68. The minimum atomic E-state index is -0.560. The van der Waals surface area contributed by atoms with Crippen molar-refractivity contribution in [3.8, 4) is 11.5 Å². The molecule has 0 bridgehead atoms. The van der Waals surface area contributed by atoms with Crippen LogP contribution in [0.1, 0.15) is 29.9 Å². The molecule has 1 amide bonds. The van der Waals surface area contributed by atoms with E-state index in [4.69, 9.17) is 4.74 Å². The summed E-state index contributed by atoms with van der Waals surface area (Å²) in [4.78, 5) is 24.9. The Balaban J connectivity index is 1.89. The number of aromatic nitrogens is 2. The van der Waals surface area contributed by atoms with Gasteiger partial charge in [0.1, 0.15) is 0 Å². The van der Waals surface area contributed by atoms with E-state index in [9.17, 15) is 14.7 Å². The van der Waals surface area contributed by atoms with Crippen LogP contribution in [-0.2, 0) is 6.54 Å². The number of phenols is 1. The number of hydrazone groups is 1. The lowest BCUT2D eigenvalue weighted by molar-refractivity contribution is 0.0949. The smallest absolute Gasteiger partial charge is 0.292 e. The average molecular weight is 380 g/mol. The number of para-hydroxylation sites is 1. The fraction of sp³-hybridized carbons (Fsp3) is 0.200. The Bertz CT molecular complexity index is 1110. The quantitative estimate of drug-likeness (QED) is 0.504. The molecule has 0 radical (unpaired) electrons. The topological polar surface area (TPSA) is 106 Å². The maximum atomic E-state index is 12.6. The van der Waals surface area contributed by atoms with Gasteiger partial charge in [0.05, 0.1) is 18.2 Å². The SMILES string of the molecule is CCOc1cccc(/C=N/NC(=O)c2nn(CC)c(=O)c3ccccc23)c1O. The van der Waals surface area contributed by atoms with Crippen LogP contribution in [0.5, 0.6) is 11.5 Å². The second-order valence-corrected chi connectivity index (χ2v) is 5.84. The molecule has 0 aliphatic carbocycles. The van der Waals surface area contributed by atoms with Crippen molar-refractivity contribution in [1.29, 1.82) is 0 Å². The molecule has 3 rings (SSSR count). The number of ether oxygens (including phenoxy) is 1. The summed E-state index contributed by atoms with van der Waals surface area (Å²) in [5.74, 6) is -0.291.